The summed E-state index contributed by atoms with van der Waals surface area (Å²) in [6.45, 7) is 3.30. The molecule has 0 radical (unpaired) electrons. The van der Waals surface area contributed by atoms with Crippen molar-refractivity contribution < 1.29 is 9.21 Å². The summed E-state index contributed by atoms with van der Waals surface area (Å²) in [5.74, 6) is 1.55. The summed E-state index contributed by atoms with van der Waals surface area (Å²) < 4.78 is 9.19. The zero-order valence-electron chi connectivity index (χ0n) is 16.7. The number of thioether (sulfide) groups is 1. The van der Waals surface area contributed by atoms with Crippen molar-refractivity contribution in [2.75, 3.05) is 11.4 Å². The number of furan rings is 1. The molecule has 1 aliphatic heterocycles. The normalized spacial score (nSPS) is 13.4. The van der Waals surface area contributed by atoms with Crippen molar-refractivity contribution in [2.45, 2.75) is 23.6 Å². The van der Waals surface area contributed by atoms with Crippen LogP contribution in [0.3, 0.4) is 0 Å². The summed E-state index contributed by atoms with van der Waals surface area (Å²) in [7, 11) is 0. The molecule has 3 aromatic heterocycles. The average Bonchev–Trinajstić information content (AvgIpc) is 3.54. The minimum Gasteiger partial charge on any atom is -0.451 e. The SMILES string of the molecule is Cc1csc(SCc2c(C(=O)N3CCn4c3nc3ccccc34)oc3ccccc23)n1. The van der Waals surface area contributed by atoms with Crippen molar-refractivity contribution >= 4 is 57.0 Å². The number of amides is 1. The quantitative estimate of drug-likeness (QED) is 0.341. The van der Waals surface area contributed by atoms with Crippen LogP contribution in [0, 0.1) is 6.92 Å². The molecule has 154 valence electrons. The van der Waals surface area contributed by atoms with E-state index in [1.54, 1.807) is 28.0 Å². The number of aryl methyl sites for hydroxylation is 1. The van der Waals surface area contributed by atoms with Gasteiger partial charge in [0.15, 0.2) is 5.76 Å². The minimum atomic E-state index is -0.142. The number of carbonyl (C=O) groups is 1. The van der Waals surface area contributed by atoms with Gasteiger partial charge in [0.25, 0.3) is 5.91 Å². The number of hydrogen-bond acceptors (Lipinski definition) is 6. The maximum absolute atomic E-state index is 13.6. The number of rotatable bonds is 4. The first-order chi connectivity index (χ1) is 15.2. The minimum absolute atomic E-state index is 0.142. The lowest BCUT2D eigenvalue weighted by molar-refractivity contribution is 0.0963. The summed E-state index contributed by atoms with van der Waals surface area (Å²) >= 11 is 3.26. The third-order valence-corrected chi connectivity index (χ3v) is 7.66. The third kappa shape index (κ3) is 3.05. The maximum atomic E-state index is 13.6. The predicted molar refractivity (Wildman–Crippen MR) is 124 cm³/mol. The molecule has 0 unspecified atom stereocenters. The fourth-order valence-corrected chi connectivity index (χ4v) is 5.93. The second-order valence-corrected chi connectivity index (χ2v) is 9.54. The highest BCUT2D eigenvalue weighted by atomic mass is 32.2. The molecular formula is C23H18N4O2S2. The summed E-state index contributed by atoms with van der Waals surface area (Å²) in [5.41, 5.74) is 4.59. The van der Waals surface area contributed by atoms with Crippen LogP contribution < -0.4 is 4.90 Å². The summed E-state index contributed by atoms with van der Waals surface area (Å²) in [6.07, 6.45) is 0. The Morgan fingerprint density at radius 3 is 2.84 bits per heavy atom. The zero-order valence-corrected chi connectivity index (χ0v) is 18.4. The lowest BCUT2D eigenvalue weighted by Gasteiger charge is -2.13. The van der Waals surface area contributed by atoms with Gasteiger partial charge in [-0.15, -0.1) is 11.3 Å². The van der Waals surface area contributed by atoms with Crippen LogP contribution in [0.2, 0.25) is 0 Å². The monoisotopic (exact) mass is 446 g/mol. The molecule has 6 rings (SSSR count). The highest BCUT2D eigenvalue weighted by Crippen LogP contribution is 2.35. The molecule has 0 saturated heterocycles. The van der Waals surface area contributed by atoms with Gasteiger partial charge in [-0.3, -0.25) is 9.69 Å². The molecule has 0 saturated carbocycles. The van der Waals surface area contributed by atoms with Gasteiger partial charge in [0.1, 0.15) is 9.92 Å². The number of carbonyl (C=O) groups excluding carboxylic acids is 1. The second-order valence-electron chi connectivity index (χ2n) is 7.46. The number of anilines is 1. The van der Waals surface area contributed by atoms with Crippen LogP contribution >= 0.6 is 23.1 Å². The van der Waals surface area contributed by atoms with Crippen molar-refractivity contribution in [3.05, 3.63) is 70.9 Å². The fourth-order valence-electron chi connectivity index (χ4n) is 4.05. The van der Waals surface area contributed by atoms with E-state index in [1.165, 1.54) is 0 Å². The Balaban J connectivity index is 1.40. The van der Waals surface area contributed by atoms with Gasteiger partial charge in [0.2, 0.25) is 5.95 Å². The number of nitrogens with zero attached hydrogens (tertiary/aromatic N) is 4. The summed E-state index contributed by atoms with van der Waals surface area (Å²) in [4.78, 5) is 24.6. The van der Waals surface area contributed by atoms with Crippen molar-refractivity contribution in [2.24, 2.45) is 0 Å². The topological polar surface area (TPSA) is 64.2 Å². The Kier molecular flexibility index (Phi) is 4.36. The van der Waals surface area contributed by atoms with Gasteiger partial charge in [0, 0.05) is 40.9 Å². The Labute approximate surface area is 186 Å². The molecule has 8 heteroatoms. The van der Waals surface area contributed by atoms with E-state index >= 15 is 0 Å². The Hall–Kier alpha value is -3.10. The molecule has 4 heterocycles. The van der Waals surface area contributed by atoms with Crippen molar-refractivity contribution in [3.63, 3.8) is 0 Å². The van der Waals surface area contributed by atoms with E-state index < -0.39 is 0 Å². The van der Waals surface area contributed by atoms with E-state index in [1.807, 2.05) is 60.8 Å². The number of para-hydroxylation sites is 3. The fraction of sp³-hybridized carbons (Fsp3) is 0.174. The first kappa shape index (κ1) is 18.7. The van der Waals surface area contributed by atoms with Crippen LogP contribution in [-0.2, 0) is 12.3 Å². The van der Waals surface area contributed by atoms with Gasteiger partial charge < -0.3 is 8.98 Å². The number of imidazole rings is 1. The Morgan fingerprint density at radius 2 is 1.97 bits per heavy atom. The smallest absolute Gasteiger partial charge is 0.296 e. The van der Waals surface area contributed by atoms with Crippen LogP contribution in [0.1, 0.15) is 21.8 Å². The molecule has 31 heavy (non-hydrogen) atoms. The second kappa shape index (κ2) is 7.25. The average molecular weight is 447 g/mol. The van der Waals surface area contributed by atoms with Gasteiger partial charge in [0.05, 0.1) is 11.0 Å². The molecule has 1 amide bonds. The number of aromatic nitrogens is 3. The van der Waals surface area contributed by atoms with Gasteiger partial charge in [-0.2, -0.15) is 0 Å². The standard InChI is InChI=1S/C23H18N4O2S2/c1-14-12-30-23(24-14)31-13-16-15-6-2-5-9-19(15)29-20(16)21(28)27-11-10-26-18-8-4-3-7-17(18)25-22(26)27/h2-9,12H,10-11,13H2,1H3. The highest BCUT2D eigenvalue weighted by molar-refractivity contribution is 8.00. The molecule has 0 spiro atoms. The number of fused-ring (bicyclic) bond motifs is 4. The van der Waals surface area contributed by atoms with E-state index in [0.717, 1.165) is 44.1 Å². The van der Waals surface area contributed by atoms with E-state index in [2.05, 4.69) is 9.55 Å². The van der Waals surface area contributed by atoms with Crippen molar-refractivity contribution in [3.8, 4) is 0 Å². The van der Waals surface area contributed by atoms with Crippen LogP contribution in [0.5, 0.6) is 0 Å². The van der Waals surface area contributed by atoms with Crippen molar-refractivity contribution in [1.82, 2.24) is 14.5 Å². The van der Waals surface area contributed by atoms with Crippen LogP contribution in [0.4, 0.5) is 5.95 Å². The molecular weight excluding hydrogens is 428 g/mol. The maximum Gasteiger partial charge on any atom is 0.296 e. The van der Waals surface area contributed by atoms with Crippen molar-refractivity contribution in [1.29, 1.82) is 0 Å². The lowest BCUT2D eigenvalue weighted by atomic mass is 10.1. The van der Waals surface area contributed by atoms with Crippen LogP contribution in [0.25, 0.3) is 22.0 Å². The van der Waals surface area contributed by atoms with Crippen LogP contribution in [0.15, 0.2) is 62.7 Å². The van der Waals surface area contributed by atoms with E-state index in [-0.39, 0.29) is 5.91 Å². The zero-order chi connectivity index (χ0) is 20.9. The Bertz CT molecular complexity index is 1450. The van der Waals surface area contributed by atoms with Gasteiger partial charge in [-0.25, -0.2) is 9.97 Å². The first-order valence-corrected chi connectivity index (χ1v) is 11.9. The third-order valence-electron chi connectivity index (χ3n) is 5.50. The van der Waals surface area contributed by atoms with E-state index in [0.29, 0.717) is 24.0 Å². The summed E-state index contributed by atoms with van der Waals surface area (Å²) in [6, 6.07) is 15.8. The van der Waals surface area contributed by atoms with E-state index in [4.69, 9.17) is 9.40 Å². The van der Waals surface area contributed by atoms with Gasteiger partial charge in [-0.05, 0) is 25.1 Å². The highest BCUT2D eigenvalue weighted by Gasteiger charge is 2.33. The molecule has 0 fully saturated rings. The number of thiazole rings is 1. The molecule has 0 bridgehead atoms. The van der Waals surface area contributed by atoms with Crippen LogP contribution in [-0.4, -0.2) is 27.0 Å². The molecule has 1 aliphatic rings. The van der Waals surface area contributed by atoms with Gasteiger partial charge >= 0.3 is 0 Å². The number of hydrogen-bond donors (Lipinski definition) is 0. The first-order valence-electron chi connectivity index (χ1n) is 10.0. The molecule has 0 N–H and O–H groups in total. The molecule has 0 aliphatic carbocycles. The largest absolute Gasteiger partial charge is 0.451 e. The molecule has 6 nitrogen and oxygen atoms in total. The van der Waals surface area contributed by atoms with Gasteiger partial charge in [-0.1, -0.05) is 42.1 Å². The van der Waals surface area contributed by atoms with E-state index in [9.17, 15) is 4.79 Å². The molecule has 2 aromatic carbocycles. The lowest BCUT2D eigenvalue weighted by Crippen LogP contribution is -2.29. The Morgan fingerprint density at radius 1 is 1.13 bits per heavy atom. The molecule has 5 aromatic rings. The summed E-state index contributed by atoms with van der Waals surface area (Å²) in [5, 5.41) is 3.01. The number of benzene rings is 2. The predicted octanol–water partition coefficient (Wildman–Crippen LogP) is 5.50. The molecule has 0 atom stereocenters.